The minimum absolute atomic E-state index is 0.467. The van der Waals surface area contributed by atoms with Crippen molar-refractivity contribution in [2.24, 2.45) is 5.73 Å². The van der Waals surface area contributed by atoms with Crippen molar-refractivity contribution in [3.63, 3.8) is 0 Å². The molecule has 2 N–H and O–H groups in total. The maximum atomic E-state index is 11.3. The molecule has 0 radical (unpaired) electrons. The molecule has 1 atom stereocenters. The van der Waals surface area contributed by atoms with Gasteiger partial charge in [0.2, 0.25) is 0 Å². The third-order valence-corrected chi connectivity index (χ3v) is 2.03. The van der Waals surface area contributed by atoms with Gasteiger partial charge in [-0.15, -0.1) is 0 Å². The highest BCUT2D eigenvalue weighted by molar-refractivity contribution is 5.79. The van der Waals surface area contributed by atoms with Crippen molar-refractivity contribution in [1.82, 2.24) is 4.98 Å². The summed E-state index contributed by atoms with van der Waals surface area (Å²) in [7, 11) is 5.00. The zero-order valence-electron chi connectivity index (χ0n) is 9.10. The monoisotopic (exact) mass is 209 g/mol. The smallest absolute Gasteiger partial charge is 0.327 e. The van der Waals surface area contributed by atoms with Gasteiger partial charge in [-0.25, -0.2) is 4.98 Å². The van der Waals surface area contributed by atoms with Gasteiger partial charge in [0.05, 0.1) is 7.11 Å². The maximum Gasteiger partial charge on any atom is 0.327 e. The fraction of sp³-hybridized carbons (Fsp3) is 0.400. The molecule has 0 aromatic carbocycles. The Balaban J connectivity index is 3.07. The predicted molar refractivity (Wildman–Crippen MR) is 57.5 cm³/mol. The van der Waals surface area contributed by atoms with Crippen LogP contribution < -0.4 is 10.6 Å². The second kappa shape index (κ2) is 4.75. The van der Waals surface area contributed by atoms with Gasteiger partial charge in [0.25, 0.3) is 0 Å². The molecule has 0 aliphatic carbocycles. The Hall–Kier alpha value is -1.62. The summed E-state index contributed by atoms with van der Waals surface area (Å²) in [5, 5.41) is 0. The Morgan fingerprint density at radius 1 is 1.60 bits per heavy atom. The van der Waals surface area contributed by atoms with Crippen molar-refractivity contribution in [2.45, 2.75) is 6.04 Å². The molecule has 0 spiro atoms. The quantitative estimate of drug-likeness (QED) is 0.726. The van der Waals surface area contributed by atoms with E-state index in [-0.39, 0.29) is 0 Å². The minimum atomic E-state index is -0.791. The second-order valence-electron chi connectivity index (χ2n) is 3.31. The third kappa shape index (κ3) is 2.44. The number of nitrogens with two attached hydrogens (primary N) is 1. The number of carbonyl (C=O) groups excluding carboxylic acids is 1. The highest BCUT2D eigenvalue weighted by atomic mass is 16.5. The molecular formula is C10H15N3O2. The Morgan fingerprint density at radius 3 is 2.80 bits per heavy atom. The number of hydrogen-bond acceptors (Lipinski definition) is 5. The van der Waals surface area contributed by atoms with Gasteiger partial charge < -0.3 is 15.4 Å². The lowest BCUT2D eigenvalue weighted by Gasteiger charge is -2.18. The molecule has 0 aliphatic rings. The number of pyridine rings is 1. The zero-order valence-corrected chi connectivity index (χ0v) is 9.10. The first-order valence-corrected chi connectivity index (χ1v) is 4.53. The molecule has 0 saturated carbocycles. The molecule has 0 aliphatic heterocycles. The number of nitrogens with zero attached hydrogens (tertiary/aromatic N) is 2. The van der Waals surface area contributed by atoms with Gasteiger partial charge in [0.15, 0.2) is 0 Å². The van der Waals surface area contributed by atoms with Crippen molar-refractivity contribution in [2.75, 3.05) is 26.1 Å². The second-order valence-corrected chi connectivity index (χ2v) is 3.31. The van der Waals surface area contributed by atoms with Gasteiger partial charge in [-0.3, -0.25) is 4.79 Å². The zero-order chi connectivity index (χ0) is 11.4. The molecular weight excluding hydrogens is 194 g/mol. The van der Waals surface area contributed by atoms with Crippen LogP contribution >= 0.6 is 0 Å². The average Bonchev–Trinajstić information content (AvgIpc) is 2.27. The number of rotatable bonds is 3. The largest absolute Gasteiger partial charge is 0.468 e. The highest BCUT2D eigenvalue weighted by Crippen LogP contribution is 2.21. The Kier molecular flexibility index (Phi) is 3.62. The van der Waals surface area contributed by atoms with Crippen LogP contribution in [0.3, 0.4) is 0 Å². The van der Waals surface area contributed by atoms with Crippen LogP contribution in [0.4, 0.5) is 5.82 Å². The summed E-state index contributed by atoms with van der Waals surface area (Å²) in [5.74, 6) is 0.210. The fourth-order valence-electron chi connectivity index (χ4n) is 1.28. The molecule has 1 aromatic rings. The van der Waals surface area contributed by atoms with Crippen LogP contribution in [0.5, 0.6) is 0 Å². The molecule has 15 heavy (non-hydrogen) atoms. The molecule has 1 rings (SSSR count). The number of hydrogen-bond donors (Lipinski definition) is 1. The SMILES string of the molecule is COC(=O)C(N)c1cccnc1N(C)C. The summed E-state index contributed by atoms with van der Waals surface area (Å²) in [6.07, 6.45) is 1.66. The van der Waals surface area contributed by atoms with E-state index < -0.39 is 12.0 Å². The lowest BCUT2D eigenvalue weighted by molar-refractivity contribution is -0.142. The number of anilines is 1. The summed E-state index contributed by atoms with van der Waals surface area (Å²) in [4.78, 5) is 17.3. The van der Waals surface area contributed by atoms with Crippen molar-refractivity contribution in [3.8, 4) is 0 Å². The molecule has 5 nitrogen and oxygen atoms in total. The first-order valence-electron chi connectivity index (χ1n) is 4.53. The van der Waals surface area contributed by atoms with Crippen LogP contribution in [0.2, 0.25) is 0 Å². The normalized spacial score (nSPS) is 12.0. The molecule has 0 fully saturated rings. The van der Waals surface area contributed by atoms with Crippen LogP contribution in [0.25, 0.3) is 0 Å². The number of esters is 1. The lowest BCUT2D eigenvalue weighted by atomic mass is 10.1. The fourth-order valence-corrected chi connectivity index (χ4v) is 1.28. The average molecular weight is 209 g/mol. The van der Waals surface area contributed by atoms with Gasteiger partial charge >= 0.3 is 5.97 Å². The van der Waals surface area contributed by atoms with Crippen LogP contribution in [-0.4, -0.2) is 32.2 Å². The van der Waals surface area contributed by atoms with E-state index in [2.05, 4.69) is 9.72 Å². The molecule has 82 valence electrons. The molecule has 5 heteroatoms. The van der Waals surface area contributed by atoms with E-state index in [1.165, 1.54) is 7.11 Å². The molecule has 0 amide bonds. The lowest BCUT2D eigenvalue weighted by Crippen LogP contribution is -2.25. The topological polar surface area (TPSA) is 68.5 Å². The summed E-state index contributed by atoms with van der Waals surface area (Å²) < 4.78 is 4.59. The van der Waals surface area contributed by atoms with E-state index >= 15 is 0 Å². The molecule has 1 aromatic heterocycles. The maximum absolute atomic E-state index is 11.3. The molecule has 1 heterocycles. The van der Waals surface area contributed by atoms with E-state index in [0.717, 1.165) is 0 Å². The van der Waals surface area contributed by atoms with E-state index in [9.17, 15) is 4.79 Å². The van der Waals surface area contributed by atoms with Crippen LogP contribution in [0, 0.1) is 0 Å². The first-order chi connectivity index (χ1) is 7.07. The summed E-state index contributed by atoms with van der Waals surface area (Å²) in [5.41, 5.74) is 6.41. The minimum Gasteiger partial charge on any atom is -0.468 e. The summed E-state index contributed by atoms with van der Waals surface area (Å²) >= 11 is 0. The van der Waals surface area contributed by atoms with Gasteiger partial charge in [-0.2, -0.15) is 0 Å². The van der Waals surface area contributed by atoms with E-state index in [0.29, 0.717) is 11.4 Å². The molecule has 1 unspecified atom stereocenters. The van der Waals surface area contributed by atoms with Gasteiger partial charge in [0.1, 0.15) is 11.9 Å². The van der Waals surface area contributed by atoms with Crippen molar-refractivity contribution in [3.05, 3.63) is 23.9 Å². The number of ether oxygens (including phenoxy) is 1. The molecule has 0 bridgehead atoms. The Bertz CT molecular complexity index is 352. The Labute approximate surface area is 88.9 Å². The van der Waals surface area contributed by atoms with Gasteiger partial charge in [-0.1, -0.05) is 6.07 Å². The van der Waals surface area contributed by atoms with Crippen molar-refractivity contribution >= 4 is 11.8 Å². The van der Waals surface area contributed by atoms with Gasteiger partial charge in [-0.05, 0) is 6.07 Å². The summed E-state index contributed by atoms with van der Waals surface area (Å²) in [6, 6.07) is 2.72. The van der Waals surface area contributed by atoms with Crippen LogP contribution in [0.15, 0.2) is 18.3 Å². The van der Waals surface area contributed by atoms with E-state index in [4.69, 9.17) is 5.73 Å². The van der Waals surface area contributed by atoms with Crippen molar-refractivity contribution in [1.29, 1.82) is 0 Å². The number of carbonyl (C=O) groups is 1. The van der Waals surface area contributed by atoms with E-state index in [1.807, 2.05) is 14.1 Å². The standard InChI is InChI=1S/C10H15N3O2/c1-13(2)9-7(5-4-6-12-9)8(11)10(14)15-3/h4-6,8H,11H2,1-3H3. The molecule has 0 saturated heterocycles. The van der Waals surface area contributed by atoms with E-state index in [1.54, 1.807) is 23.2 Å². The van der Waals surface area contributed by atoms with Crippen LogP contribution in [0.1, 0.15) is 11.6 Å². The first kappa shape index (κ1) is 11.5. The predicted octanol–water partition coefficient (Wildman–Crippen LogP) is 0.320. The third-order valence-electron chi connectivity index (χ3n) is 2.03. The highest BCUT2D eigenvalue weighted by Gasteiger charge is 2.20. The number of methoxy groups -OCH3 is 1. The summed E-state index contributed by atoms with van der Waals surface area (Å²) in [6.45, 7) is 0. The van der Waals surface area contributed by atoms with Crippen molar-refractivity contribution < 1.29 is 9.53 Å². The Morgan fingerprint density at radius 2 is 2.27 bits per heavy atom. The van der Waals surface area contributed by atoms with Gasteiger partial charge in [0, 0.05) is 25.9 Å². The number of aromatic nitrogens is 1. The van der Waals surface area contributed by atoms with Crippen LogP contribution in [-0.2, 0) is 9.53 Å².